The van der Waals surface area contributed by atoms with E-state index in [1.165, 1.54) is 11.8 Å². The lowest BCUT2D eigenvalue weighted by molar-refractivity contribution is -0.113. The van der Waals surface area contributed by atoms with Crippen LogP contribution >= 0.6 is 11.8 Å². The van der Waals surface area contributed by atoms with Crippen LogP contribution < -0.4 is 14.4 Å². The summed E-state index contributed by atoms with van der Waals surface area (Å²) in [6.07, 6.45) is 2.69. The molecule has 2 aromatic carbocycles. The molecule has 0 aliphatic carbocycles. The summed E-state index contributed by atoms with van der Waals surface area (Å²) < 4.78 is 12.6. The van der Waals surface area contributed by atoms with Gasteiger partial charge in [0.25, 0.3) is 5.91 Å². The van der Waals surface area contributed by atoms with Crippen LogP contribution in [-0.4, -0.2) is 38.1 Å². The Balaban J connectivity index is 1.46. The monoisotopic (exact) mass is 462 g/mol. The van der Waals surface area contributed by atoms with E-state index < -0.39 is 0 Å². The van der Waals surface area contributed by atoms with E-state index in [-0.39, 0.29) is 12.7 Å². The number of fused-ring (bicyclic) bond motifs is 1. The number of nitrogens with zero attached hydrogens (tertiary/aromatic N) is 6. The van der Waals surface area contributed by atoms with Gasteiger partial charge in [-0.3, -0.25) is 9.69 Å². The Morgan fingerprint density at radius 3 is 2.76 bits per heavy atom. The van der Waals surface area contributed by atoms with E-state index in [9.17, 15) is 4.79 Å². The normalized spacial score (nSPS) is 16.1. The van der Waals surface area contributed by atoms with E-state index in [0.29, 0.717) is 28.1 Å². The molecule has 1 aromatic heterocycles. The fraction of sp³-hybridized carbons (Fsp3) is 0.261. The first kappa shape index (κ1) is 21.2. The molecule has 0 saturated heterocycles. The van der Waals surface area contributed by atoms with Crippen molar-refractivity contribution < 1.29 is 14.3 Å². The third-order valence-corrected chi connectivity index (χ3v) is 6.13. The first-order valence-electron chi connectivity index (χ1n) is 10.6. The highest BCUT2D eigenvalue weighted by Gasteiger charge is 2.32. The number of amides is 1. The number of aromatic nitrogens is 4. The van der Waals surface area contributed by atoms with Crippen LogP contribution in [0.4, 0.5) is 5.69 Å². The van der Waals surface area contributed by atoms with Gasteiger partial charge in [0, 0.05) is 6.54 Å². The number of carbonyl (C=O) groups excluding carboxylic acids is 1. The number of ether oxygens (including phenoxy) is 2. The van der Waals surface area contributed by atoms with Gasteiger partial charge in [0.15, 0.2) is 22.5 Å². The van der Waals surface area contributed by atoms with E-state index in [2.05, 4.69) is 27.4 Å². The van der Waals surface area contributed by atoms with Crippen LogP contribution in [-0.2, 0) is 17.1 Å². The molecule has 3 heterocycles. The van der Waals surface area contributed by atoms with Gasteiger partial charge in [-0.05, 0) is 59.7 Å². The zero-order valence-electron chi connectivity index (χ0n) is 18.3. The molecule has 3 aromatic rings. The Kier molecular flexibility index (Phi) is 5.82. The maximum absolute atomic E-state index is 13.4. The van der Waals surface area contributed by atoms with E-state index in [1.54, 1.807) is 15.7 Å². The molecule has 0 saturated carbocycles. The van der Waals surface area contributed by atoms with Crippen LogP contribution in [0, 0.1) is 6.92 Å². The predicted molar refractivity (Wildman–Crippen MR) is 126 cm³/mol. The first-order chi connectivity index (χ1) is 16.1. The molecule has 0 unspecified atom stereocenters. The molecule has 0 N–H and O–H groups in total. The Hall–Kier alpha value is -3.66. The molecule has 0 bridgehead atoms. The number of tetrazole rings is 1. The second kappa shape index (κ2) is 9.07. The quantitative estimate of drug-likeness (QED) is 0.514. The molecule has 33 heavy (non-hydrogen) atoms. The van der Waals surface area contributed by atoms with E-state index in [0.717, 1.165) is 35.6 Å². The summed E-state index contributed by atoms with van der Waals surface area (Å²) in [4.78, 5) is 19.7. The van der Waals surface area contributed by atoms with Crippen molar-refractivity contribution in [1.29, 1.82) is 0 Å². The molecule has 0 atom stereocenters. The predicted octanol–water partition coefficient (Wildman–Crippen LogP) is 3.80. The zero-order valence-corrected chi connectivity index (χ0v) is 19.1. The second-order valence-electron chi connectivity index (χ2n) is 7.62. The third kappa shape index (κ3) is 4.34. The lowest BCUT2D eigenvalue weighted by atomic mass is 10.1. The van der Waals surface area contributed by atoms with E-state index >= 15 is 0 Å². The lowest BCUT2D eigenvalue weighted by Gasteiger charge is -2.18. The van der Waals surface area contributed by atoms with Crippen LogP contribution in [0.15, 0.2) is 53.2 Å². The molecule has 2 aliphatic heterocycles. The minimum Gasteiger partial charge on any atom is -0.454 e. The van der Waals surface area contributed by atoms with Crippen molar-refractivity contribution in [2.24, 2.45) is 4.99 Å². The molecular formula is C23H22N6O3S. The van der Waals surface area contributed by atoms with Crippen LogP contribution in [0.3, 0.4) is 0 Å². The van der Waals surface area contributed by atoms with Crippen molar-refractivity contribution in [2.45, 2.75) is 32.6 Å². The summed E-state index contributed by atoms with van der Waals surface area (Å²) in [5.41, 5.74) is 3.05. The van der Waals surface area contributed by atoms with E-state index in [1.807, 2.05) is 49.4 Å². The summed E-state index contributed by atoms with van der Waals surface area (Å²) in [6.45, 7) is 5.03. The number of hydrogen-bond donors (Lipinski definition) is 0. The number of rotatable bonds is 6. The van der Waals surface area contributed by atoms with Crippen LogP contribution in [0.25, 0.3) is 6.08 Å². The van der Waals surface area contributed by atoms with Crippen molar-refractivity contribution in [1.82, 2.24) is 20.2 Å². The first-order valence-corrected chi connectivity index (χ1v) is 11.6. The van der Waals surface area contributed by atoms with Gasteiger partial charge in [-0.15, -0.1) is 5.10 Å². The van der Waals surface area contributed by atoms with Crippen LogP contribution in [0.5, 0.6) is 11.5 Å². The average molecular weight is 463 g/mol. The molecule has 0 radical (unpaired) electrons. The fourth-order valence-electron chi connectivity index (χ4n) is 3.52. The lowest BCUT2D eigenvalue weighted by Crippen LogP contribution is -2.30. The topological polar surface area (TPSA) is 94.7 Å². The molecule has 0 spiro atoms. The second-order valence-corrected chi connectivity index (χ2v) is 8.56. The van der Waals surface area contributed by atoms with Gasteiger partial charge in [0.2, 0.25) is 6.79 Å². The summed E-state index contributed by atoms with van der Waals surface area (Å²) in [6, 6.07) is 13.4. The SMILES string of the molecule is CCCn1nnnc1CSC1=N/C(=C\c2ccc3c(c2)OCO3)C(=O)N1c1ccc(C)cc1. The minimum absolute atomic E-state index is 0.188. The summed E-state index contributed by atoms with van der Waals surface area (Å²) >= 11 is 1.43. The van der Waals surface area contributed by atoms with Crippen molar-refractivity contribution in [3.05, 3.63) is 65.1 Å². The Bertz CT molecular complexity index is 1250. The molecule has 10 heteroatoms. The van der Waals surface area contributed by atoms with Gasteiger partial charge in [-0.1, -0.05) is 42.4 Å². The summed E-state index contributed by atoms with van der Waals surface area (Å²) in [7, 11) is 0. The van der Waals surface area contributed by atoms with Crippen molar-refractivity contribution in [3.63, 3.8) is 0 Å². The Morgan fingerprint density at radius 1 is 1.12 bits per heavy atom. The number of aliphatic imine (C=N–C) groups is 1. The number of amidine groups is 1. The average Bonchev–Trinajstić information content (AvgIpc) is 3.53. The number of hydrogen-bond acceptors (Lipinski definition) is 8. The smallest absolute Gasteiger partial charge is 0.283 e. The number of aryl methyl sites for hydroxylation is 2. The zero-order chi connectivity index (χ0) is 22.8. The van der Waals surface area contributed by atoms with Gasteiger partial charge in [-0.2, -0.15) is 0 Å². The van der Waals surface area contributed by atoms with Gasteiger partial charge < -0.3 is 9.47 Å². The van der Waals surface area contributed by atoms with Gasteiger partial charge in [0.1, 0.15) is 5.70 Å². The van der Waals surface area contributed by atoms with Crippen LogP contribution in [0.1, 0.15) is 30.3 Å². The highest BCUT2D eigenvalue weighted by Crippen LogP contribution is 2.35. The standard InChI is InChI=1S/C23H22N6O3S/c1-3-10-28-21(25-26-27-28)13-33-23-24-18(11-16-6-9-19-20(12-16)32-14-31-19)22(30)29(23)17-7-4-15(2)5-8-17/h4-9,11-12H,3,10,13-14H2,1-2H3/b18-11-. The van der Waals surface area contributed by atoms with Crippen molar-refractivity contribution >= 4 is 34.6 Å². The number of benzene rings is 2. The number of anilines is 1. The van der Waals surface area contributed by atoms with Crippen molar-refractivity contribution in [3.8, 4) is 11.5 Å². The third-order valence-electron chi connectivity index (χ3n) is 5.19. The molecule has 2 aliphatic rings. The summed E-state index contributed by atoms with van der Waals surface area (Å²) in [5.74, 6) is 2.41. The highest BCUT2D eigenvalue weighted by atomic mass is 32.2. The number of thioether (sulfide) groups is 1. The maximum atomic E-state index is 13.4. The Morgan fingerprint density at radius 2 is 1.94 bits per heavy atom. The van der Waals surface area contributed by atoms with Crippen molar-refractivity contribution in [2.75, 3.05) is 11.7 Å². The largest absolute Gasteiger partial charge is 0.454 e. The molecule has 0 fully saturated rings. The molecule has 9 nitrogen and oxygen atoms in total. The molecule has 168 valence electrons. The van der Waals surface area contributed by atoms with Gasteiger partial charge >= 0.3 is 0 Å². The highest BCUT2D eigenvalue weighted by molar-refractivity contribution is 8.13. The van der Waals surface area contributed by atoms with Gasteiger partial charge in [0.05, 0.1) is 11.4 Å². The summed E-state index contributed by atoms with van der Waals surface area (Å²) in [5, 5.41) is 12.5. The van der Waals surface area contributed by atoms with Gasteiger partial charge in [-0.25, -0.2) is 9.67 Å². The van der Waals surface area contributed by atoms with Crippen LogP contribution in [0.2, 0.25) is 0 Å². The maximum Gasteiger partial charge on any atom is 0.283 e. The molecular weight excluding hydrogens is 440 g/mol. The Labute approximate surface area is 195 Å². The molecule has 1 amide bonds. The van der Waals surface area contributed by atoms with E-state index in [4.69, 9.17) is 9.47 Å². The minimum atomic E-state index is -0.188. The fourth-order valence-corrected chi connectivity index (χ4v) is 4.46. The molecule has 5 rings (SSSR count). The number of carbonyl (C=O) groups is 1.